The van der Waals surface area contributed by atoms with Crippen LogP contribution in [0, 0.1) is 0 Å². The third-order valence-electron chi connectivity index (χ3n) is 4.22. The van der Waals surface area contributed by atoms with Gasteiger partial charge in [-0.15, -0.1) is 0 Å². The average molecular weight is 304 g/mol. The van der Waals surface area contributed by atoms with E-state index < -0.39 is 0 Å². The van der Waals surface area contributed by atoms with Crippen molar-refractivity contribution in [3.63, 3.8) is 0 Å². The topological polar surface area (TPSA) is 48.0 Å². The minimum Gasteiger partial charge on any atom is -0.396 e. The Morgan fingerprint density at radius 2 is 2.19 bits per heavy atom. The lowest BCUT2D eigenvalue weighted by Gasteiger charge is -2.23. The number of para-hydroxylation sites is 1. The molecule has 2 aromatic rings. The molecule has 0 spiro atoms. The van der Waals surface area contributed by atoms with Gasteiger partial charge in [0.1, 0.15) is 0 Å². The molecule has 0 saturated carbocycles. The van der Waals surface area contributed by atoms with Crippen LogP contribution in [0.5, 0.6) is 0 Å². The molecular weight excluding hydrogens is 280 g/mol. The van der Waals surface area contributed by atoms with Crippen LogP contribution < -0.4 is 5.32 Å². The average Bonchev–Trinajstić information content (AvgIpc) is 2.89. The minimum absolute atomic E-state index is 0.312. The van der Waals surface area contributed by atoms with Gasteiger partial charge in [0, 0.05) is 41.5 Å². The predicted molar refractivity (Wildman–Crippen MR) is 91.1 cm³/mol. The first-order valence-corrected chi connectivity index (χ1v) is 9.04. The number of aromatic amines is 1. The van der Waals surface area contributed by atoms with Crippen LogP contribution in [0.4, 0.5) is 0 Å². The first-order chi connectivity index (χ1) is 10.4. The molecule has 114 valence electrons. The molecule has 21 heavy (non-hydrogen) atoms. The zero-order valence-corrected chi connectivity index (χ0v) is 13.2. The Balaban J connectivity index is 1.52. The van der Waals surface area contributed by atoms with Gasteiger partial charge < -0.3 is 15.4 Å². The molecule has 4 heteroatoms. The van der Waals surface area contributed by atoms with Gasteiger partial charge in [0.25, 0.3) is 0 Å². The van der Waals surface area contributed by atoms with Crippen LogP contribution in [0.25, 0.3) is 10.9 Å². The minimum atomic E-state index is 0.312. The fourth-order valence-electron chi connectivity index (χ4n) is 3.15. The Hall–Kier alpha value is -0.970. The maximum Gasteiger partial charge on any atom is 0.0458 e. The molecule has 3 N–H and O–H groups in total. The Morgan fingerprint density at radius 1 is 1.29 bits per heavy atom. The fourth-order valence-corrected chi connectivity index (χ4v) is 3.95. The smallest absolute Gasteiger partial charge is 0.0458 e. The van der Waals surface area contributed by atoms with Crippen molar-refractivity contribution in [1.82, 2.24) is 10.3 Å². The summed E-state index contributed by atoms with van der Waals surface area (Å²) in [6.07, 6.45) is 4.42. The van der Waals surface area contributed by atoms with Crippen LogP contribution in [-0.4, -0.2) is 40.8 Å². The largest absolute Gasteiger partial charge is 0.396 e. The quantitative estimate of drug-likeness (QED) is 0.689. The van der Waals surface area contributed by atoms with Crippen molar-refractivity contribution in [2.24, 2.45) is 0 Å². The van der Waals surface area contributed by atoms with E-state index >= 15 is 0 Å². The summed E-state index contributed by atoms with van der Waals surface area (Å²) in [5.74, 6) is 2.20. The lowest BCUT2D eigenvalue weighted by Crippen LogP contribution is -2.35. The number of aryl methyl sites for hydroxylation is 1. The summed E-state index contributed by atoms with van der Waals surface area (Å²) in [5.41, 5.74) is 4.23. The number of nitrogens with one attached hydrogen (secondary N) is 2. The molecule has 0 bridgehead atoms. The molecule has 1 aromatic carbocycles. The third kappa shape index (κ3) is 3.62. The standard InChI is InChI=1S/C17H24N2OS/c20-9-3-10-21-11-8-18-13-6-7-17-15(12-13)14-4-1-2-5-16(14)19-17/h1-2,4-5,13,18-20H,3,6-12H2. The highest BCUT2D eigenvalue weighted by molar-refractivity contribution is 7.99. The molecule has 1 aliphatic carbocycles. The molecule has 3 rings (SSSR count). The second kappa shape index (κ2) is 7.34. The summed E-state index contributed by atoms with van der Waals surface area (Å²) < 4.78 is 0. The van der Waals surface area contributed by atoms with Crippen molar-refractivity contribution in [1.29, 1.82) is 0 Å². The van der Waals surface area contributed by atoms with E-state index in [1.807, 2.05) is 11.8 Å². The molecule has 0 aliphatic heterocycles. The Labute approximate surface area is 130 Å². The molecule has 1 aromatic heterocycles. The monoisotopic (exact) mass is 304 g/mol. The van der Waals surface area contributed by atoms with E-state index in [0.29, 0.717) is 12.6 Å². The van der Waals surface area contributed by atoms with Crippen molar-refractivity contribution in [3.05, 3.63) is 35.5 Å². The summed E-state index contributed by atoms with van der Waals surface area (Å²) in [7, 11) is 0. The van der Waals surface area contributed by atoms with Gasteiger partial charge in [-0.2, -0.15) is 11.8 Å². The number of aromatic nitrogens is 1. The van der Waals surface area contributed by atoms with Gasteiger partial charge in [-0.25, -0.2) is 0 Å². The molecule has 3 nitrogen and oxygen atoms in total. The molecular formula is C17H24N2OS. The Morgan fingerprint density at radius 3 is 3.10 bits per heavy atom. The number of aliphatic hydroxyl groups is 1. The van der Waals surface area contributed by atoms with Gasteiger partial charge >= 0.3 is 0 Å². The summed E-state index contributed by atoms with van der Waals surface area (Å²) >= 11 is 1.93. The van der Waals surface area contributed by atoms with Crippen molar-refractivity contribution in [2.45, 2.75) is 31.7 Å². The number of H-pyrrole nitrogens is 1. The number of hydrogen-bond acceptors (Lipinski definition) is 3. The van der Waals surface area contributed by atoms with Gasteiger partial charge in [0.2, 0.25) is 0 Å². The van der Waals surface area contributed by atoms with Crippen LogP contribution >= 0.6 is 11.8 Å². The zero-order valence-electron chi connectivity index (χ0n) is 12.4. The van der Waals surface area contributed by atoms with E-state index in [-0.39, 0.29) is 0 Å². The highest BCUT2D eigenvalue weighted by atomic mass is 32.2. The summed E-state index contributed by atoms with van der Waals surface area (Å²) in [6, 6.07) is 9.25. The molecule has 1 heterocycles. The predicted octanol–water partition coefficient (Wildman–Crippen LogP) is 2.73. The lowest BCUT2D eigenvalue weighted by molar-refractivity contribution is 0.296. The van der Waals surface area contributed by atoms with Crippen LogP contribution in [0.2, 0.25) is 0 Å². The van der Waals surface area contributed by atoms with E-state index in [1.165, 1.54) is 28.6 Å². The van der Waals surface area contributed by atoms with Crippen LogP contribution in [-0.2, 0) is 12.8 Å². The molecule has 1 aliphatic rings. The van der Waals surface area contributed by atoms with Crippen LogP contribution in [0.15, 0.2) is 24.3 Å². The van der Waals surface area contributed by atoms with Gasteiger partial charge in [0.15, 0.2) is 0 Å². The molecule has 1 unspecified atom stereocenters. The number of rotatable bonds is 7. The highest BCUT2D eigenvalue weighted by Gasteiger charge is 2.21. The molecule has 0 amide bonds. The molecule has 0 fully saturated rings. The first kappa shape index (κ1) is 14.9. The number of aliphatic hydroxyl groups excluding tert-OH is 1. The zero-order chi connectivity index (χ0) is 14.5. The summed E-state index contributed by atoms with van der Waals surface area (Å²) in [6.45, 7) is 1.38. The van der Waals surface area contributed by atoms with Gasteiger partial charge in [0.05, 0.1) is 0 Å². The third-order valence-corrected chi connectivity index (χ3v) is 5.29. The molecule has 0 radical (unpaired) electrons. The summed E-state index contributed by atoms with van der Waals surface area (Å²) in [4.78, 5) is 3.57. The van der Waals surface area contributed by atoms with Crippen LogP contribution in [0.3, 0.4) is 0 Å². The number of thioether (sulfide) groups is 1. The Bertz CT molecular complexity index is 581. The van der Waals surface area contributed by atoms with Crippen molar-refractivity contribution < 1.29 is 5.11 Å². The second-order valence-corrected chi connectivity index (χ2v) is 6.94. The number of benzene rings is 1. The van der Waals surface area contributed by atoms with Crippen molar-refractivity contribution >= 4 is 22.7 Å². The van der Waals surface area contributed by atoms with E-state index in [1.54, 1.807) is 0 Å². The van der Waals surface area contributed by atoms with E-state index in [0.717, 1.165) is 37.3 Å². The number of hydrogen-bond donors (Lipinski definition) is 3. The van der Waals surface area contributed by atoms with Crippen LogP contribution in [0.1, 0.15) is 24.1 Å². The number of fused-ring (bicyclic) bond motifs is 3. The normalized spacial score (nSPS) is 18.0. The van der Waals surface area contributed by atoms with E-state index in [9.17, 15) is 0 Å². The molecule has 1 atom stereocenters. The SMILES string of the molecule is OCCCSCCNC1CCc2[nH]c3ccccc3c2C1. The van der Waals surface area contributed by atoms with E-state index in [2.05, 4.69) is 34.6 Å². The first-order valence-electron chi connectivity index (χ1n) is 7.89. The fraction of sp³-hybridized carbons (Fsp3) is 0.529. The summed E-state index contributed by atoms with van der Waals surface area (Å²) in [5, 5.41) is 13.8. The molecule has 0 saturated heterocycles. The highest BCUT2D eigenvalue weighted by Crippen LogP contribution is 2.28. The van der Waals surface area contributed by atoms with Gasteiger partial charge in [-0.1, -0.05) is 18.2 Å². The van der Waals surface area contributed by atoms with E-state index in [4.69, 9.17) is 5.11 Å². The Kier molecular flexibility index (Phi) is 5.22. The maximum atomic E-state index is 8.75. The maximum absolute atomic E-state index is 8.75. The van der Waals surface area contributed by atoms with Gasteiger partial charge in [-0.3, -0.25) is 0 Å². The van der Waals surface area contributed by atoms with Crippen molar-refractivity contribution in [2.75, 3.05) is 24.7 Å². The second-order valence-electron chi connectivity index (χ2n) is 5.71. The lowest BCUT2D eigenvalue weighted by atomic mass is 9.91. The van der Waals surface area contributed by atoms with Gasteiger partial charge in [-0.05, 0) is 43.1 Å². The van der Waals surface area contributed by atoms with Crippen molar-refractivity contribution in [3.8, 4) is 0 Å².